The molecule has 0 aliphatic rings. The lowest BCUT2D eigenvalue weighted by Crippen LogP contribution is -2.39. The molecule has 0 saturated carbocycles. The molecule has 0 aromatic carbocycles. The quantitative estimate of drug-likeness (QED) is 0.589. The van der Waals surface area contributed by atoms with Gasteiger partial charge in [0.05, 0.1) is 31.1 Å². The molecule has 1 aromatic heterocycles. The third-order valence-electron chi connectivity index (χ3n) is 2.57. The molecule has 0 bridgehead atoms. The topological polar surface area (TPSA) is 87.5 Å². The molecule has 1 heterocycles. The van der Waals surface area contributed by atoms with E-state index in [2.05, 4.69) is 5.10 Å². The Hall–Kier alpha value is -1.11. The maximum atomic E-state index is 9.80. The van der Waals surface area contributed by atoms with Crippen LogP contribution in [0.3, 0.4) is 0 Å². The van der Waals surface area contributed by atoms with Gasteiger partial charge in [-0.25, -0.2) is 0 Å². The Balaban J connectivity index is 2.38. The SMILES string of the molecule is CC(CO)N(C)CC(O)Cn1cc(N)cn1. The average molecular weight is 228 g/mol. The predicted molar refractivity (Wildman–Crippen MR) is 61.8 cm³/mol. The number of likely N-dealkylation sites (N-methyl/N-ethyl adjacent to an activating group) is 1. The molecule has 1 rings (SSSR count). The fourth-order valence-corrected chi connectivity index (χ4v) is 1.40. The van der Waals surface area contributed by atoms with E-state index in [0.717, 1.165) is 0 Å². The van der Waals surface area contributed by atoms with Crippen LogP contribution in [0.2, 0.25) is 0 Å². The first kappa shape index (κ1) is 13.0. The van der Waals surface area contributed by atoms with Gasteiger partial charge in [-0.3, -0.25) is 9.58 Å². The van der Waals surface area contributed by atoms with Crippen LogP contribution in [-0.2, 0) is 6.54 Å². The van der Waals surface area contributed by atoms with Crippen LogP contribution in [0.5, 0.6) is 0 Å². The second-order valence-corrected chi connectivity index (χ2v) is 4.12. The van der Waals surface area contributed by atoms with Crippen molar-refractivity contribution in [2.24, 2.45) is 0 Å². The fraction of sp³-hybridized carbons (Fsp3) is 0.700. The molecule has 4 N–H and O–H groups in total. The molecule has 0 aliphatic heterocycles. The predicted octanol–water partition coefficient (Wildman–Crippen LogP) is -0.861. The number of nitrogen functional groups attached to an aromatic ring is 1. The van der Waals surface area contributed by atoms with Crippen molar-refractivity contribution in [1.29, 1.82) is 0 Å². The van der Waals surface area contributed by atoms with Gasteiger partial charge in [-0.1, -0.05) is 0 Å². The maximum Gasteiger partial charge on any atom is 0.0862 e. The Bertz CT molecular complexity index is 316. The molecular weight excluding hydrogens is 208 g/mol. The Labute approximate surface area is 95.3 Å². The summed E-state index contributed by atoms with van der Waals surface area (Å²) in [5.41, 5.74) is 6.10. The minimum absolute atomic E-state index is 0.0392. The van der Waals surface area contributed by atoms with E-state index in [1.54, 1.807) is 17.1 Å². The van der Waals surface area contributed by atoms with Crippen LogP contribution in [0.15, 0.2) is 12.4 Å². The molecule has 6 nitrogen and oxygen atoms in total. The van der Waals surface area contributed by atoms with Crippen LogP contribution in [0.1, 0.15) is 6.92 Å². The molecule has 0 fully saturated rings. The number of nitrogens with two attached hydrogens (primary N) is 1. The normalized spacial score (nSPS) is 15.3. The molecule has 0 radical (unpaired) electrons. The maximum absolute atomic E-state index is 9.80. The molecule has 0 saturated heterocycles. The lowest BCUT2D eigenvalue weighted by Gasteiger charge is -2.25. The zero-order chi connectivity index (χ0) is 12.1. The number of aliphatic hydroxyl groups is 2. The van der Waals surface area contributed by atoms with Crippen molar-refractivity contribution in [1.82, 2.24) is 14.7 Å². The average Bonchev–Trinajstić information content (AvgIpc) is 2.62. The molecule has 0 aliphatic carbocycles. The van der Waals surface area contributed by atoms with Crippen LogP contribution in [0.4, 0.5) is 5.69 Å². The van der Waals surface area contributed by atoms with E-state index in [1.165, 1.54) is 0 Å². The summed E-state index contributed by atoms with van der Waals surface area (Å²) in [6, 6.07) is 0.0392. The molecule has 0 spiro atoms. The summed E-state index contributed by atoms with van der Waals surface area (Å²) < 4.78 is 1.61. The van der Waals surface area contributed by atoms with Crippen molar-refractivity contribution in [3.05, 3.63) is 12.4 Å². The molecule has 16 heavy (non-hydrogen) atoms. The highest BCUT2D eigenvalue weighted by molar-refractivity contribution is 5.30. The fourth-order valence-electron chi connectivity index (χ4n) is 1.40. The van der Waals surface area contributed by atoms with Gasteiger partial charge < -0.3 is 15.9 Å². The number of nitrogens with zero attached hydrogens (tertiary/aromatic N) is 3. The number of aliphatic hydroxyl groups excluding tert-OH is 2. The molecular formula is C10H20N4O2. The standard InChI is InChI=1S/C10H20N4O2/c1-8(7-15)13(2)5-10(16)6-14-4-9(11)3-12-14/h3-4,8,10,15-16H,5-7,11H2,1-2H3. The van der Waals surface area contributed by atoms with Gasteiger partial charge in [0.1, 0.15) is 0 Å². The van der Waals surface area contributed by atoms with Gasteiger partial charge >= 0.3 is 0 Å². The van der Waals surface area contributed by atoms with E-state index < -0.39 is 6.10 Å². The monoisotopic (exact) mass is 228 g/mol. The zero-order valence-corrected chi connectivity index (χ0v) is 9.74. The summed E-state index contributed by atoms with van der Waals surface area (Å²) in [6.45, 7) is 2.87. The van der Waals surface area contributed by atoms with Crippen molar-refractivity contribution < 1.29 is 10.2 Å². The molecule has 2 atom stereocenters. The van der Waals surface area contributed by atoms with Gasteiger partial charge in [0.2, 0.25) is 0 Å². The summed E-state index contributed by atoms with van der Waals surface area (Å²) in [6.07, 6.45) is 2.70. The van der Waals surface area contributed by atoms with Crippen molar-refractivity contribution in [3.63, 3.8) is 0 Å². The minimum atomic E-state index is -0.529. The molecule has 2 unspecified atom stereocenters. The van der Waals surface area contributed by atoms with Gasteiger partial charge in [0.25, 0.3) is 0 Å². The van der Waals surface area contributed by atoms with E-state index >= 15 is 0 Å². The summed E-state index contributed by atoms with van der Waals surface area (Å²) in [4.78, 5) is 1.90. The summed E-state index contributed by atoms with van der Waals surface area (Å²) in [5, 5.41) is 22.7. The first-order chi connectivity index (χ1) is 7.52. The Morgan fingerprint density at radius 2 is 2.31 bits per heavy atom. The first-order valence-electron chi connectivity index (χ1n) is 5.30. The second-order valence-electron chi connectivity index (χ2n) is 4.12. The van der Waals surface area contributed by atoms with Crippen molar-refractivity contribution in [2.75, 3.05) is 25.9 Å². The highest BCUT2D eigenvalue weighted by Crippen LogP contribution is 2.02. The molecule has 92 valence electrons. The van der Waals surface area contributed by atoms with Gasteiger partial charge in [-0.2, -0.15) is 5.10 Å². The molecule has 1 aromatic rings. The molecule has 6 heteroatoms. The number of anilines is 1. The van der Waals surface area contributed by atoms with Gasteiger partial charge in [0, 0.05) is 18.8 Å². The van der Waals surface area contributed by atoms with Crippen LogP contribution in [0, 0.1) is 0 Å². The van der Waals surface area contributed by atoms with E-state index in [4.69, 9.17) is 10.8 Å². The summed E-state index contributed by atoms with van der Waals surface area (Å²) in [7, 11) is 1.86. The molecule has 0 amide bonds. The lowest BCUT2D eigenvalue weighted by atomic mass is 10.2. The van der Waals surface area contributed by atoms with E-state index in [-0.39, 0.29) is 12.6 Å². The number of rotatable bonds is 6. The van der Waals surface area contributed by atoms with Crippen LogP contribution >= 0.6 is 0 Å². The second kappa shape index (κ2) is 5.83. The van der Waals surface area contributed by atoms with Crippen LogP contribution in [0.25, 0.3) is 0 Å². The Kier molecular flexibility index (Phi) is 4.72. The van der Waals surface area contributed by atoms with Gasteiger partial charge in [-0.15, -0.1) is 0 Å². The lowest BCUT2D eigenvalue weighted by molar-refractivity contribution is 0.0740. The highest BCUT2D eigenvalue weighted by Gasteiger charge is 2.13. The largest absolute Gasteiger partial charge is 0.396 e. The Morgan fingerprint density at radius 3 is 2.81 bits per heavy atom. The van der Waals surface area contributed by atoms with E-state index in [1.807, 2.05) is 18.9 Å². The van der Waals surface area contributed by atoms with Crippen LogP contribution in [-0.4, -0.2) is 57.2 Å². The van der Waals surface area contributed by atoms with Gasteiger partial charge in [-0.05, 0) is 14.0 Å². The number of hydrogen-bond acceptors (Lipinski definition) is 5. The minimum Gasteiger partial charge on any atom is -0.396 e. The summed E-state index contributed by atoms with van der Waals surface area (Å²) in [5.74, 6) is 0. The van der Waals surface area contributed by atoms with Crippen molar-refractivity contribution in [3.8, 4) is 0 Å². The highest BCUT2D eigenvalue weighted by atomic mass is 16.3. The number of hydrogen-bond donors (Lipinski definition) is 3. The van der Waals surface area contributed by atoms with Crippen LogP contribution < -0.4 is 5.73 Å². The number of aromatic nitrogens is 2. The smallest absolute Gasteiger partial charge is 0.0862 e. The Morgan fingerprint density at radius 1 is 1.62 bits per heavy atom. The summed E-state index contributed by atoms with van der Waals surface area (Å²) >= 11 is 0. The first-order valence-corrected chi connectivity index (χ1v) is 5.30. The zero-order valence-electron chi connectivity index (χ0n) is 9.74. The third kappa shape index (κ3) is 3.80. The van der Waals surface area contributed by atoms with E-state index in [0.29, 0.717) is 18.8 Å². The van der Waals surface area contributed by atoms with Gasteiger partial charge in [0.15, 0.2) is 0 Å². The van der Waals surface area contributed by atoms with Crippen molar-refractivity contribution >= 4 is 5.69 Å². The van der Waals surface area contributed by atoms with Crippen molar-refractivity contribution in [2.45, 2.75) is 25.6 Å². The van der Waals surface area contributed by atoms with E-state index in [9.17, 15) is 5.11 Å². The third-order valence-corrected chi connectivity index (χ3v) is 2.57.